The first-order valence-corrected chi connectivity index (χ1v) is 19.3. The van der Waals surface area contributed by atoms with Crippen molar-refractivity contribution >= 4 is 40.1 Å². The summed E-state index contributed by atoms with van der Waals surface area (Å²) in [6, 6.07) is 13.7. The number of halogens is 5. The van der Waals surface area contributed by atoms with Crippen molar-refractivity contribution in [2.75, 3.05) is 19.5 Å². The molecule has 15 heteroatoms. The maximum atomic E-state index is 14.2. The predicted molar refractivity (Wildman–Crippen MR) is 207 cm³/mol. The molecule has 302 valence electrons. The smallest absolute Gasteiger partial charge is 0.410 e. The highest BCUT2D eigenvalue weighted by Gasteiger charge is 2.34. The van der Waals surface area contributed by atoms with E-state index >= 15 is 0 Å². The maximum absolute atomic E-state index is 14.2. The van der Waals surface area contributed by atoms with Crippen LogP contribution < -0.4 is 14.8 Å². The minimum absolute atomic E-state index is 0.0940. The van der Waals surface area contributed by atoms with Crippen molar-refractivity contribution in [2.24, 2.45) is 5.92 Å². The van der Waals surface area contributed by atoms with Gasteiger partial charge < -0.3 is 24.4 Å². The van der Waals surface area contributed by atoms with Gasteiger partial charge in [0.05, 0.1) is 24.6 Å². The molecule has 1 aliphatic carbocycles. The van der Waals surface area contributed by atoms with Gasteiger partial charge in [0.2, 0.25) is 34.8 Å². The highest BCUT2D eigenvalue weighted by Crippen LogP contribution is 2.43. The molecule has 1 aliphatic rings. The molecule has 0 aliphatic heterocycles. The number of ether oxygens (including phenoxy) is 3. The van der Waals surface area contributed by atoms with Crippen LogP contribution in [0.5, 0.6) is 11.5 Å². The average Bonchev–Trinajstić information content (AvgIpc) is 3.67. The number of fused-ring (bicyclic) bond motifs is 1. The molecule has 9 nitrogen and oxygen atoms in total. The van der Waals surface area contributed by atoms with Crippen molar-refractivity contribution in [3.63, 3.8) is 0 Å². The second-order valence-corrected chi connectivity index (χ2v) is 16.1. The van der Waals surface area contributed by atoms with Crippen LogP contribution in [0.3, 0.4) is 0 Å². The largest absolute Gasteiger partial charge is 0.496 e. The Kier molecular flexibility index (Phi) is 12.1. The average molecular weight is 811 g/mol. The fraction of sp³-hybridized carbons (Fsp3) is 0.381. The third-order valence-electron chi connectivity index (χ3n) is 9.87. The number of amides is 1. The number of rotatable bonds is 10. The van der Waals surface area contributed by atoms with Crippen molar-refractivity contribution < 1.29 is 45.8 Å². The van der Waals surface area contributed by atoms with Gasteiger partial charge >= 0.3 is 12.1 Å². The first-order chi connectivity index (χ1) is 26.9. The van der Waals surface area contributed by atoms with Crippen LogP contribution in [0, 0.1) is 41.9 Å². The van der Waals surface area contributed by atoms with Crippen LogP contribution in [-0.4, -0.2) is 46.7 Å². The zero-order chi connectivity index (χ0) is 41.3. The summed E-state index contributed by atoms with van der Waals surface area (Å²) < 4.78 is 85.4. The molecule has 0 bridgehead atoms. The van der Waals surface area contributed by atoms with Gasteiger partial charge in [-0.25, -0.2) is 27.9 Å². The molecule has 0 unspecified atom stereocenters. The first-order valence-electron chi connectivity index (χ1n) is 18.4. The minimum atomic E-state index is -2.33. The number of aromatic nitrogens is 2. The molecule has 1 amide bonds. The van der Waals surface area contributed by atoms with E-state index < -0.39 is 58.4 Å². The van der Waals surface area contributed by atoms with E-state index in [9.17, 15) is 31.5 Å². The summed E-state index contributed by atoms with van der Waals surface area (Å²) in [6.45, 7) is 9.71. The van der Waals surface area contributed by atoms with Gasteiger partial charge in [-0.15, -0.1) is 11.3 Å². The van der Waals surface area contributed by atoms with Crippen molar-refractivity contribution in [1.82, 2.24) is 14.9 Å². The number of aryl methyl sites for hydroxylation is 1. The summed E-state index contributed by atoms with van der Waals surface area (Å²) in [5.74, 6) is -12.9. The van der Waals surface area contributed by atoms with Crippen LogP contribution in [0.15, 0.2) is 47.8 Å². The summed E-state index contributed by atoms with van der Waals surface area (Å²) in [5.41, 5.74) is 3.90. The minimum Gasteiger partial charge on any atom is -0.496 e. The summed E-state index contributed by atoms with van der Waals surface area (Å²) in [6.07, 6.45) is 0.995. The molecule has 3 aromatic carbocycles. The normalized spacial score (nSPS) is 16.3. The molecule has 6 rings (SSSR count). The first kappa shape index (κ1) is 41.3. The summed E-state index contributed by atoms with van der Waals surface area (Å²) >= 11 is 1.60. The van der Waals surface area contributed by atoms with Gasteiger partial charge in [-0.1, -0.05) is 24.3 Å². The van der Waals surface area contributed by atoms with E-state index in [1.54, 1.807) is 37.3 Å². The fourth-order valence-corrected chi connectivity index (χ4v) is 7.91. The van der Waals surface area contributed by atoms with Gasteiger partial charge in [-0.05, 0) is 106 Å². The lowest BCUT2D eigenvalue weighted by Gasteiger charge is -2.29. The number of carbonyl (C=O) groups is 2. The van der Waals surface area contributed by atoms with Gasteiger partial charge in [0, 0.05) is 29.9 Å². The molecule has 2 aromatic heterocycles. The second-order valence-electron chi connectivity index (χ2n) is 15.2. The van der Waals surface area contributed by atoms with Crippen molar-refractivity contribution in [3.05, 3.63) is 98.8 Å². The lowest BCUT2D eigenvalue weighted by Crippen LogP contribution is -2.33. The third kappa shape index (κ3) is 8.98. The summed E-state index contributed by atoms with van der Waals surface area (Å²) in [7, 11) is 3.26. The Bertz CT molecular complexity index is 2290. The standard InChI is InChI=1S/C42H43F5N4O5S/c1-21(32-16-26(20-57-32)27-11-9-8-10-25(27)19-51(6)41(53)56-42(3,4)5)48-39-29-17-28(31(54-7)18-30(29)49-22(2)50-39)23-12-14-24(15-13-23)40(52)55-38-36(46)34(44)33(43)35(45)37(38)47/h8-11,16-18,20-21,23-24H,12-15,19H2,1-7H3,(H,48,49,50)/t21-,23?,24?/m1/s1. The number of hydrogen-bond donors (Lipinski definition) is 1. The zero-order valence-electron chi connectivity index (χ0n) is 32.6. The van der Waals surface area contributed by atoms with Gasteiger partial charge in [-0.2, -0.15) is 8.78 Å². The molecule has 1 saturated carbocycles. The van der Waals surface area contributed by atoms with E-state index in [0.717, 1.165) is 32.5 Å². The Hall–Kier alpha value is -5.31. The molecule has 5 aromatic rings. The lowest BCUT2D eigenvalue weighted by atomic mass is 9.78. The topological polar surface area (TPSA) is 103 Å². The van der Waals surface area contributed by atoms with Crippen LogP contribution >= 0.6 is 11.3 Å². The van der Waals surface area contributed by atoms with Gasteiger partial charge in [0.25, 0.3) is 0 Å². The van der Waals surface area contributed by atoms with Crippen LogP contribution in [0.25, 0.3) is 22.0 Å². The van der Waals surface area contributed by atoms with E-state index in [2.05, 4.69) is 21.7 Å². The Labute approximate surface area is 331 Å². The number of esters is 1. The SMILES string of the molecule is COc1cc2nc(C)nc(N[C@H](C)c3cc(-c4ccccc4CN(C)C(=O)OC(C)(C)C)cs3)c2cc1C1CCC(C(=O)Oc2c(F)c(F)c(F)c(F)c2F)CC1. The molecule has 57 heavy (non-hydrogen) atoms. The summed E-state index contributed by atoms with van der Waals surface area (Å²) in [5, 5.41) is 6.41. The number of carbonyl (C=O) groups excluding carboxylic acids is 2. The number of methoxy groups -OCH3 is 1. The van der Waals surface area contributed by atoms with Gasteiger partial charge in [0.15, 0.2) is 0 Å². The fourth-order valence-electron chi connectivity index (χ4n) is 6.99. The highest BCUT2D eigenvalue weighted by atomic mass is 32.1. The molecule has 1 fully saturated rings. The van der Waals surface area contributed by atoms with Crippen LogP contribution in [-0.2, 0) is 16.1 Å². The summed E-state index contributed by atoms with van der Waals surface area (Å²) in [4.78, 5) is 37.6. The van der Waals surface area contributed by atoms with E-state index in [1.807, 2.05) is 64.1 Å². The van der Waals surface area contributed by atoms with Crippen LogP contribution in [0.4, 0.5) is 32.6 Å². The Balaban J connectivity index is 1.19. The van der Waals surface area contributed by atoms with Gasteiger partial charge in [0.1, 0.15) is 23.0 Å². The molecular weight excluding hydrogens is 768 g/mol. The molecule has 2 heterocycles. The zero-order valence-corrected chi connectivity index (χ0v) is 33.4. The van der Waals surface area contributed by atoms with E-state index in [0.29, 0.717) is 42.3 Å². The molecule has 0 radical (unpaired) electrons. The second kappa shape index (κ2) is 16.7. The lowest BCUT2D eigenvalue weighted by molar-refractivity contribution is -0.140. The number of benzene rings is 3. The molecule has 0 saturated heterocycles. The van der Waals surface area contributed by atoms with Crippen molar-refractivity contribution in [2.45, 2.75) is 84.4 Å². The maximum Gasteiger partial charge on any atom is 0.410 e. The van der Waals surface area contributed by atoms with Crippen molar-refractivity contribution in [3.8, 4) is 22.6 Å². The van der Waals surface area contributed by atoms with E-state index in [-0.39, 0.29) is 24.8 Å². The third-order valence-corrected chi connectivity index (χ3v) is 11.0. The quantitative estimate of drug-likeness (QED) is 0.0489. The molecular formula is C42H43F5N4O5S. The Morgan fingerprint density at radius 1 is 0.947 bits per heavy atom. The number of thiophene rings is 1. The Morgan fingerprint density at radius 2 is 1.60 bits per heavy atom. The van der Waals surface area contributed by atoms with E-state index in [1.165, 1.54) is 0 Å². The number of nitrogens with one attached hydrogen (secondary N) is 1. The number of hydrogen-bond acceptors (Lipinski definition) is 9. The highest BCUT2D eigenvalue weighted by molar-refractivity contribution is 7.10. The predicted octanol–water partition coefficient (Wildman–Crippen LogP) is 10.8. The molecule has 1 atom stereocenters. The molecule has 0 spiro atoms. The molecule has 1 N–H and O–H groups in total. The monoisotopic (exact) mass is 810 g/mol. The van der Waals surface area contributed by atoms with Gasteiger partial charge in [-0.3, -0.25) is 4.79 Å². The van der Waals surface area contributed by atoms with Crippen molar-refractivity contribution in [1.29, 1.82) is 0 Å². The van der Waals surface area contributed by atoms with Crippen LogP contribution in [0.2, 0.25) is 0 Å². The Morgan fingerprint density at radius 3 is 2.25 bits per heavy atom. The van der Waals surface area contributed by atoms with E-state index in [4.69, 9.17) is 19.2 Å². The number of anilines is 1. The van der Waals surface area contributed by atoms with Crippen LogP contribution in [0.1, 0.15) is 87.2 Å². The number of nitrogens with zero attached hydrogens (tertiary/aromatic N) is 3.